The van der Waals surface area contributed by atoms with E-state index in [2.05, 4.69) is 15.3 Å². The third-order valence-electron chi connectivity index (χ3n) is 3.70. The third-order valence-corrected chi connectivity index (χ3v) is 3.94. The van der Waals surface area contributed by atoms with E-state index in [0.717, 1.165) is 4.90 Å². The second-order valence-corrected chi connectivity index (χ2v) is 5.34. The van der Waals surface area contributed by atoms with Crippen molar-refractivity contribution in [3.63, 3.8) is 0 Å². The normalized spacial score (nSPS) is 22.6. The molecule has 0 radical (unpaired) electrons. The number of hydrazone groups is 1. The number of methoxy groups -OCH3 is 2. The largest absolute Gasteiger partial charge is 0.495 e. The van der Waals surface area contributed by atoms with E-state index in [-0.39, 0.29) is 11.4 Å². The molecule has 9 heteroatoms. The van der Waals surface area contributed by atoms with E-state index < -0.39 is 29.7 Å². The minimum Gasteiger partial charge on any atom is -0.495 e. The van der Waals surface area contributed by atoms with Crippen LogP contribution in [0.1, 0.15) is 0 Å². The summed E-state index contributed by atoms with van der Waals surface area (Å²) in [6, 6.07) is 3.64. The molecule has 1 aromatic rings. The van der Waals surface area contributed by atoms with Gasteiger partial charge >= 0.3 is 5.97 Å². The highest BCUT2D eigenvalue weighted by Crippen LogP contribution is 2.37. The van der Waals surface area contributed by atoms with Gasteiger partial charge in [0.25, 0.3) is 5.91 Å². The van der Waals surface area contributed by atoms with E-state index in [1.807, 2.05) is 0 Å². The average Bonchev–Trinajstić information content (AvgIpc) is 3.08. The molecule has 3 rings (SSSR count). The lowest BCUT2D eigenvalue weighted by atomic mass is 9.99. The van der Waals surface area contributed by atoms with Gasteiger partial charge in [-0.3, -0.25) is 15.0 Å². The van der Waals surface area contributed by atoms with Crippen molar-refractivity contribution in [2.24, 2.45) is 11.0 Å². The zero-order chi connectivity index (χ0) is 16.7. The molecule has 1 fully saturated rings. The van der Waals surface area contributed by atoms with E-state index in [1.165, 1.54) is 20.3 Å². The van der Waals surface area contributed by atoms with Crippen LogP contribution in [0.2, 0.25) is 5.02 Å². The molecule has 0 unspecified atom stereocenters. The van der Waals surface area contributed by atoms with Crippen LogP contribution in [0.15, 0.2) is 23.3 Å². The predicted octanol–water partition coefficient (Wildman–Crippen LogP) is 0.339. The van der Waals surface area contributed by atoms with Crippen LogP contribution in [0, 0.1) is 5.92 Å². The zero-order valence-electron chi connectivity index (χ0n) is 12.2. The molecule has 8 nitrogen and oxygen atoms in total. The molecule has 0 aromatic heterocycles. The van der Waals surface area contributed by atoms with E-state index in [4.69, 9.17) is 16.3 Å². The SMILES string of the molecule is COC(=O)C1=NN[C@@H]2C(=O)N(c3cc(Cl)ccc3OC)C(=O)[C@H]12. The highest BCUT2D eigenvalue weighted by atomic mass is 35.5. The van der Waals surface area contributed by atoms with E-state index in [9.17, 15) is 14.4 Å². The van der Waals surface area contributed by atoms with Crippen LogP contribution in [0.3, 0.4) is 0 Å². The maximum Gasteiger partial charge on any atom is 0.355 e. The topological polar surface area (TPSA) is 97.3 Å². The maximum absolute atomic E-state index is 12.7. The van der Waals surface area contributed by atoms with E-state index in [1.54, 1.807) is 12.1 Å². The number of amides is 2. The molecule has 23 heavy (non-hydrogen) atoms. The predicted molar refractivity (Wildman–Crippen MR) is 80.4 cm³/mol. The van der Waals surface area contributed by atoms with Gasteiger partial charge in [0.1, 0.15) is 17.7 Å². The zero-order valence-corrected chi connectivity index (χ0v) is 13.0. The minimum absolute atomic E-state index is 0.126. The number of nitrogens with one attached hydrogen (secondary N) is 1. The number of esters is 1. The van der Waals surface area contributed by atoms with Crippen LogP contribution >= 0.6 is 11.6 Å². The number of hydrogen-bond acceptors (Lipinski definition) is 7. The molecule has 1 aromatic carbocycles. The van der Waals surface area contributed by atoms with Gasteiger partial charge in [-0.15, -0.1) is 0 Å². The molecule has 2 aliphatic rings. The number of carbonyl (C=O) groups is 3. The number of hydrogen-bond donors (Lipinski definition) is 1. The minimum atomic E-state index is -1.03. The van der Waals surface area contributed by atoms with Crippen molar-refractivity contribution >= 4 is 40.8 Å². The Hall–Kier alpha value is -2.61. The molecule has 1 saturated heterocycles. The maximum atomic E-state index is 12.7. The summed E-state index contributed by atoms with van der Waals surface area (Å²) in [5.41, 5.74) is 2.61. The Morgan fingerprint density at radius 2 is 2.04 bits per heavy atom. The second-order valence-electron chi connectivity index (χ2n) is 4.90. The monoisotopic (exact) mass is 337 g/mol. The standard InChI is InChI=1S/C14H12ClN3O5/c1-22-8-4-3-6(15)5-7(8)18-12(19)9-10(13(18)20)16-17-11(9)14(21)23-2/h3-5,9-10,16H,1-2H3/t9-,10-/m0/s1. The molecule has 2 aliphatic heterocycles. The molecule has 120 valence electrons. The number of anilines is 1. The molecule has 1 N–H and O–H groups in total. The summed E-state index contributed by atoms with van der Waals surface area (Å²) in [4.78, 5) is 37.9. The molecule has 2 amide bonds. The number of fused-ring (bicyclic) bond motifs is 1. The number of benzene rings is 1. The van der Waals surface area contributed by atoms with Gasteiger partial charge in [-0.25, -0.2) is 9.69 Å². The van der Waals surface area contributed by atoms with Crippen LogP contribution in [0.25, 0.3) is 0 Å². The molecule has 0 spiro atoms. The number of carbonyl (C=O) groups excluding carboxylic acids is 3. The number of halogens is 1. The molecular formula is C14H12ClN3O5. The van der Waals surface area contributed by atoms with E-state index >= 15 is 0 Å². The van der Waals surface area contributed by atoms with Crippen molar-refractivity contribution in [3.05, 3.63) is 23.2 Å². The van der Waals surface area contributed by atoms with Crippen molar-refractivity contribution in [1.82, 2.24) is 5.43 Å². The van der Waals surface area contributed by atoms with Crippen molar-refractivity contribution in [2.45, 2.75) is 6.04 Å². The Morgan fingerprint density at radius 3 is 2.70 bits per heavy atom. The highest BCUT2D eigenvalue weighted by Gasteiger charge is 2.56. The van der Waals surface area contributed by atoms with Gasteiger partial charge in [0.15, 0.2) is 5.71 Å². The summed E-state index contributed by atoms with van der Waals surface area (Å²) in [6.45, 7) is 0. The first-order chi connectivity index (χ1) is 11.0. The van der Waals surface area contributed by atoms with Gasteiger partial charge in [0.2, 0.25) is 5.91 Å². The van der Waals surface area contributed by atoms with Crippen molar-refractivity contribution in [2.75, 3.05) is 19.1 Å². The lowest BCUT2D eigenvalue weighted by molar-refractivity contribution is -0.133. The summed E-state index contributed by atoms with van der Waals surface area (Å²) in [6.07, 6.45) is 0. The van der Waals surface area contributed by atoms with Gasteiger partial charge in [-0.2, -0.15) is 5.10 Å². The number of nitrogens with zero attached hydrogens (tertiary/aromatic N) is 2. The van der Waals surface area contributed by atoms with Gasteiger partial charge in [-0.1, -0.05) is 11.6 Å². The van der Waals surface area contributed by atoms with Crippen molar-refractivity contribution in [1.29, 1.82) is 0 Å². The fourth-order valence-corrected chi connectivity index (χ4v) is 2.80. The Bertz CT molecular complexity index is 748. The third kappa shape index (κ3) is 2.22. The Kier molecular flexibility index (Phi) is 3.69. The molecular weight excluding hydrogens is 326 g/mol. The summed E-state index contributed by atoms with van der Waals surface area (Å²) >= 11 is 5.95. The Labute approximate surface area is 136 Å². The lowest BCUT2D eigenvalue weighted by Gasteiger charge is -2.18. The summed E-state index contributed by atoms with van der Waals surface area (Å²) in [5, 5.41) is 4.09. The summed E-state index contributed by atoms with van der Waals surface area (Å²) in [5.74, 6) is -2.60. The van der Waals surface area contributed by atoms with E-state index in [0.29, 0.717) is 10.8 Å². The first kappa shape index (κ1) is 15.3. The first-order valence-corrected chi connectivity index (χ1v) is 7.00. The highest BCUT2D eigenvalue weighted by molar-refractivity contribution is 6.46. The Balaban J connectivity index is 2.03. The molecule has 0 bridgehead atoms. The fourth-order valence-electron chi connectivity index (χ4n) is 2.64. The van der Waals surface area contributed by atoms with Gasteiger partial charge in [-0.05, 0) is 18.2 Å². The van der Waals surface area contributed by atoms with Crippen LogP contribution in [0.5, 0.6) is 5.75 Å². The smallest absolute Gasteiger partial charge is 0.355 e. The molecule has 0 saturated carbocycles. The van der Waals surface area contributed by atoms with Crippen LogP contribution < -0.4 is 15.1 Å². The van der Waals surface area contributed by atoms with Crippen molar-refractivity contribution < 1.29 is 23.9 Å². The average molecular weight is 338 g/mol. The van der Waals surface area contributed by atoms with Crippen LogP contribution in [-0.4, -0.2) is 43.8 Å². The fraction of sp³-hybridized carbons (Fsp3) is 0.286. The van der Waals surface area contributed by atoms with Gasteiger partial charge in [0, 0.05) is 5.02 Å². The molecule has 2 atom stereocenters. The molecule has 0 aliphatic carbocycles. The van der Waals surface area contributed by atoms with Crippen molar-refractivity contribution in [3.8, 4) is 5.75 Å². The Morgan fingerprint density at radius 1 is 1.30 bits per heavy atom. The van der Waals surface area contributed by atoms with Gasteiger partial charge < -0.3 is 9.47 Å². The number of rotatable bonds is 3. The number of ether oxygens (including phenoxy) is 2. The van der Waals surface area contributed by atoms with Gasteiger partial charge in [0.05, 0.1) is 19.9 Å². The van der Waals surface area contributed by atoms with Crippen LogP contribution in [-0.2, 0) is 19.1 Å². The first-order valence-electron chi connectivity index (χ1n) is 6.62. The van der Waals surface area contributed by atoms with Crippen LogP contribution in [0.4, 0.5) is 5.69 Å². The number of imide groups is 1. The second kappa shape index (κ2) is 5.54. The quantitative estimate of drug-likeness (QED) is 0.631. The molecule has 2 heterocycles. The lowest BCUT2D eigenvalue weighted by Crippen LogP contribution is -2.36. The summed E-state index contributed by atoms with van der Waals surface area (Å²) in [7, 11) is 2.59. The summed E-state index contributed by atoms with van der Waals surface area (Å²) < 4.78 is 9.77.